The van der Waals surface area contributed by atoms with Gasteiger partial charge in [-0.3, -0.25) is 0 Å². The first-order valence-electron chi connectivity index (χ1n) is 5.27. The van der Waals surface area contributed by atoms with Crippen molar-refractivity contribution in [3.63, 3.8) is 0 Å². The zero-order chi connectivity index (χ0) is 11.4. The highest BCUT2D eigenvalue weighted by Crippen LogP contribution is 2.16. The lowest BCUT2D eigenvalue weighted by molar-refractivity contribution is 1.03. The van der Waals surface area contributed by atoms with Crippen LogP contribution in [0.2, 0.25) is 0 Å². The number of nitrogens with two attached hydrogens (primary N) is 1. The quantitative estimate of drug-likeness (QED) is 0.824. The Kier molecular flexibility index (Phi) is 3.17. The van der Waals surface area contributed by atoms with Crippen LogP contribution in [-0.4, -0.2) is 4.98 Å². The highest BCUT2D eigenvalue weighted by atomic mass is 15.0. The van der Waals surface area contributed by atoms with E-state index in [1.165, 1.54) is 0 Å². The van der Waals surface area contributed by atoms with Crippen LogP contribution in [0.15, 0.2) is 42.6 Å². The number of pyridine rings is 1. The normalized spacial score (nSPS) is 10.1. The van der Waals surface area contributed by atoms with Crippen LogP contribution in [0.3, 0.4) is 0 Å². The molecule has 0 aliphatic heterocycles. The number of benzene rings is 1. The van der Waals surface area contributed by atoms with Gasteiger partial charge in [0, 0.05) is 18.4 Å². The van der Waals surface area contributed by atoms with Crippen molar-refractivity contribution in [1.29, 1.82) is 0 Å². The standard InChI is InChI=1S/C13H15N3/c1-10-7-13(15-9-11(10)8-14)16-12-5-3-2-4-6-12/h2-7,9H,8,14H2,1H3,(H,15,16). The molecule has 2 rings (SSSR count). The fourth-order valence-electron chi connectivity index (χ4n) is 1.54. The van der Waals surface area contributed by atoms with E-state index in [1.54, 1.807) is 0 Å². The highest BCUT2D eigenvalue weighted by molar-refractivity contribution is 5.56. The van der Waals surface area contributed by atoms with Gasteiger partial charge < -0.3 is 11.1 Å². The molecule has 16 heavy (non-hydrogen) atoms. The molecular formula is C13H15N3. The first-order valence-corrected chi connectivity index (χ1v) is 5.27. The summed E-state index contributed by atoms with van der Waals surface area (Å²) in [6.45, 7) is 2.57. The Morgan fingerprint density at radius 1 is 1.25 bits per heavy atom. The molecular weight excluding hydrogens is 198 g/mol. The number of hydrogen-bond donors (Lipinski definition) is 2. The third kappa shape index (κ3) is 2.38. The van der Waals surface area contributed by atoms with Crippen LogP contribution in [0.25, 0.3) is 0 Å². The van der Waals surface area contributed by atoms with Crippen molar-refractivity contribution >= 4 is 11.5 Å². The lowest BCUT2D eigenvalue weighted by Gasteiger charge is -2.08. The van der Waals surface area contributed by atoms with Crippen molar-refractivity contribution in [1.82, 2.24) is 4.98 Å². The molecule has 0 atom stereocenters. The summed E-state index contributed by atoms with van der Waals surface area (Å²) < 4.78 is 0. The summed E-state index contributed by atoms with van der Waals surface area (Å²) >= 11 is 0. The number of aryl methyl sites for hydroxylation is 1. The molecule has 0 aliphatic carbocycles. The average Bonchev–Trinajstić information content (AvgIpc) is 2.31. The fourth-order valence-corrected chi connectivity index (χ4v) is 1.54. The molecule has 1 aromatic carbocycles. The predicted octanol–water partition coefficient (Wildman–Crippen LogP) is 2.59. The SMILES string of the molecule is Cc1cc(Nc2ccccc2)ncc1CN. The van der Waals surface area contributed by atoms with Gasteiger partial charge >= 0.3 is 0 Å². The van der Waals surface area contributed by atoms with Gasteiger partial charge in [-0.25, -0.2) is 4.98 Å². The maximum Gasteiger partial charge on any atom is 0.130 e. The molecule has 0 radical (unpaired) electrons. The Hall–Kier alpha value is -1.87. The second-order valence-corrected chi connectivity index (χ2v) is 3.69. The maximum atomic E-state index is 5.59. The van der Waals surface area contributed by atoms with E-state index in [0.29, 0.717) is 6.54 Å². The zero-order valence-electron chi connectivity index (χ0n) is 9.27. The van der Waals surface area contributed by atoms with Crippen LogP contribution in [-0.2, 0) is 6.54 Å². The summed E-state index contributed by atoms with van der Waals surface area (Å²) in [4.78, 5) is 4.31. The first kappa shape index (κ1) is 10.6. The molecule has 0 amide bonds. The second kappa shape index (κ2) is 4.77. The molecule has 0 saturated heterocycles. The maximum absolute atomic E-state index is 5.59. The van der Waals surface area contributed by atoms with E-state index >= 15 is 0 Å². The minimum absolute atomic E-state index is 0.532. The first-order chi connectivity index (χ1) is 7.79. The van der Waals surface area contributed by atoms with Crippen LogP contribution >= 0.6 is 0 Å². The summed E-state index contributed by atoms with van der Waals surface area (Å²) in [5.41, 5.74) is 8.87. The molecule has 0 aliphatic rings. The van der Waals surface area contributed by atoms with Crippen molar-refractivity contribution in [2.75, 3.05) is 5.32 Å². The van der Waals surface area contributed by atoms with E-state index < -0.39 is 0 Å². The fraction of sp³-hybridized carbons (Fsp3) is 0.154. The third-order valence-electron chi connectivity index (χ3n) is 2.49. The summed E-state index contributed by atoms with van der Waals surface area (Å²) in [6, 6.07) is 12.0. The topological polar surface area (TPSA) is 50.9 Å². The highest BCUT2D eigenvalue weighted by Gasteiger charge is 2.00. The van der Waals surface area contributed by atoms with Gasteiger partial charge in [0.25, 0.3) is 0 Å². The second-order valence-electron chi connectivity index (χ2n) is 3.69. The summed E-state index contributed by atoms with van der Waals surface area (Å²) in [5, 5.41) is 3.24. The van der Waals surface area contributed by atoms with Gasteiger partial charge in [-0.05, 0) is 36.2 Å². The van der Waals surface area contributed by atoms with E-state index in [9.17, 15) is 0 Å². The van der Waals surface area contributed by atoms with Crippen molar-refractivity contribution in [2.24, 2.45) is 5.73 Å². The molecule has 2 aromatic rings. The molecule has 0 spiro atoms. The molecule has 3 nitrogen and oxygen atoms in total. The number of rotatable bonds is 3. The summed E-state index contributed by atoms with van der Waals surface area (Å²) in [6.07, 6.45) is 1.82. The third-order valence-corrected chi connectivity index (χ3v) is 2.49. The Morgan fingerprint density at radius 2 is 2.00 bits per heavy atom. The lowest BCUT2D eigenvalue weighted by atomic mass is 10.1. The van der Waals surface area contributed by atoms with Crippen LogP contribution in [0.1, 0.15) is 11.1 Å². The van der Waals surface area contributed by atoms with Crippen LogP contribution in [0, 0.1) is 6.92 Å². The van der Waals surface area contributed by atoms with E-state index in [-0.39, 0.29) is 0 Å². The summed E-state index contributed by atoms with van der Waals surface area (Å²) in [7, 11) is 0. The molecule has 82 valence electrons. The Bertz CT molecular complexity index is 466. The molecule has 0 unspecified atom stereocenters. The summed E-state index contributed by atoms with van der Waals surface area (Å²) in [5.74, 6) is 0.848. The molecule has 3 heteroatoms. The van der Waals surface area contributed by atoms with Gasteiger partial charge in [-0.15, -0.1) is 0 Å². The Morgan fingerprint density at radius 3 is 2.62 bits per heavy atom. The molecule has 1 aromatic heterocycles. The van der Waals surface area contributed by atoms with Gasteiger partial charge in [-0.1, -0.05) is 18.2 Å². The molecule has 0 saturated carbocycles. The monoisotopic (exact) mass is 213 g/mol. The van der Waals surface area contributed by atoms with Crippen LogP contribution in [0.5, 0.6) is 0 Å². The van der Waals surface area contributed by atoms with E-state index in [1.807, 2.05) is 49.5 Å². The number of nitrogens with zero attached hydrogens (tertiary/aromatic N) is 1. The molecule has 3 N–H and O–H groups in total. The van der Waals surface area contributed by atoms with Gasteiger partial charge in [0.15, 0.2) is 0 Å². The zero-order valence-corrected chi connectivity index (χ0v) is 9.27. The van der Waals surface area contributed by atoms with E-state index in [0.717, 1.165) is 22.6 Å². The van der Waals surface area contributed by atoms with Gasteiger partial charge in [-0.2, -0.15) is 0 Å². The Balaban J connectivity index is 2.20. The number of anilines is 2. The molecule has 0 bridgehead atoms. The van der Waals surface area contributed by atoms with Gasteiger partial charge in [0.05, 0.1) is 0 Å². The van der Waals surface area contributed by atoms with E-state index in [4.69, 9.17) is 5.73 Å². The van der Waals surface area contributed by atoms with Crippen molar-refractivity contribution < 1.29 is 0 Å². The minimum atomic E-state index is 0.532. The smallest absolute Gasteiger partial charge is 0.130 e. The number of hydrogen-bond acceptors (Lipinski definition) is 3. The van der Waals surface area contributed by atoms with Gasteiger partial charge in [0.1, 0.15) is 5.82 Å². The largest absolute Gasteiger partial charge is 0.340 e. The minimum Gasteiger partial charge on any atom is -0.340 e. The van der Waals surface area contributed by atoms with Crippen molar-refractivity contribution in [2.45, 2.75) is 13.5 Å². The van der Waals surface area contributed by atoms with Gasteiger partial charge in [0.2, 0.25) is 0 Å². The van der Waals surface area contributed by atoms with Crippen LogP contribution < -0.4 is 11.1 Å². The van der Waals surface area contributed by atoms with E-state index in [2.05, 4.69) is 10.3 Å². The van der Waals surface area contributed by atoms with Crippen molar-refractivity contribution in [3.8, 4) is 0 Å². The Labute approximate surface area is 95.3 Å². The number of aromatic nitrogens is 1. The molecule has 0 fully saturated rings. The predicted molar refractivity (Wildman–Crippen MR) is 66.6 cm³/mol. The number of para-hydroxylation sites is 1. The average molecular weight is 213 g/mol. The van der Waals surface area contributed by atoms with Crippen LogP contribution in [0.4, 0.5) is 11.5 Å². The number of nitrogens with one attached hydrogen (secondary N) is 1. The van der Waals surface area contributed by atoms with Crippen molar-refractivity contribution in [3.05, 3.63) is 53.7 Å². The lowest BCUT2D eigenvalue weighted by Crippen LogP contribution is -2.01. The molecule has 1 heterocycles.